The minimum Gasteiger partial charge on any atom is -0.508 e. The van der Waals surface area contributed by atoms with Gasteiger partial charge in [-0.05, 0) is 54.2 Å². The van der Waals surface area contributed by atoms with Gasteiger partial charge in [0.15, 0.2) is 0 Å². The first kappa shape index (κ1) is 24.0. The summed E-state index contributed by atoms with van der Waals surface area (Å²) in [5.74, 6) is 0.349. The SMILES string of the molecule is COCCCN1C(=O)CCc2ccc(COC3CN(C(=O)O)CCC3c3ccc(O)cc3)cc21. The second-order valence-corrected chi connectivity index (χ2v) is 8.92. The van der Waals surface area contributed by atoms with Crippen molar-refractivity contribution < 1.29 is 29.3 Å². The van der Waals surface area contributed by atoms with Crippen molar-refractivity contribution in [3.8, 4) is 5.75 Å². The van der Waals surface area contributed by atoms with E-state index in [0.717, 1.165) is 35.2 Å². The van der Waals surface area contributed by atoms with Gasteiger partial charge in [0.05, 0.1) is 19.3 Å². The highest BCUT2D eigenvalue weighted by Crippen LogP contribution is 2.33. The van der Waals surface area contributed by atoms with Crippen LogP contribution in [0.5, 0.6) is 5.75 Å². The number of nitrogens with zero attached hydrogens (tertiary/aromatic N) is 2. The number of amides is 2. The topological polar surface area (TPSA) is 99.5 Å². The fourth-order valence-corrected chi connectivity index (χ4v) is 4.85. The maximum absolute atomic E-state index is 12.6. The zero-order chi connectivity index (χ0) is 24.1. The molecule has 2 unspecified atom stereocenters. The minimum atomic E-state index is -0.947. The molecule has 2 amide bonds. The summed E-state index contributed by atoms with van der Waals surface area (Å²) in [4.78, 5) is 27.4. The predicted molar refractivity (Wildman–Crippen MR) is 127 cm³/mol. The average Bonchev–Trinajstić information content (AvgIpc) is 2.84. The van der Waals surface area contributed by atoms with Crippen LogP contribution in [0.3, 0.4) is 0 Å². The number of carboxylic acid groups (broad SMARTS) is 1. The fraction of sp³-hybridized carbons (Fsp3) is 0.462. The van der Waals surface area contributed by atoms with Crippen molar-refractivity contribution in [2.75, 3.05) is 38.3 Å². The number of ether oxygens (including phenoxy) is 2. The van der Waals surface area contributed by atoms with E-state index in [2.05, 4.69) is 6.07 Å². The van der Waals surface area contributed by atoms with Gasteiger partial charge in [-0.2, -0.15) is 0 Å². The van der Waals surface area contributed by atoms with Crippen molar-refractivity contribution in [2.45, 2.75) is 44.3 Å². The Balaban J connectivity index is 1.50. The van der Waals surface area contributed by atoms with Crippen molar-refractivity contribution in [3.63, 3.8) is 0 Å². The third-order valence-corrected chi connectivity index (χ3v) is 6.69. The van der Waals surface area contributed by atoms with Crippen LogP contribution in [0, 0.1) is 0 Å². The highest BCUT2D eigenvalue weighted by atomic mass is 16.5. The molecule has 2 N–H and O–H groups in total. The number of hydrogen-bond acceptors (Lipinski definition) is 5. The van der Waals surface area contributed by atoms with Gasteiger partial charge < -0.3 is 29.5 Å². The maximum atomic E-state index is 12.6. The summed E-state index contributed by atoms with van der Waals surface area (Å²) < 4.78 is 11.5. The summed E-state index contributed by atoms with van der Waals surface area (Å²) in [6.07, 6.45) is 1.39. The third kappa shape index (κ3) is 5.51. The molecule has 8 nitrogen and oxygen atoms in total. The molecular formula is C26H32N2O6. The van der Waals surface area contributed by atoms with Crippen LogP contribution in [0.4, 0.5) is 10.5 Å². The number of carbonyl (C=O) groups excluding carboxylic acids is 1. The molecule has 2 aliphatic rings. The lowest BCUT2D eigenvalue weighted by molar-refractivity contribution is -0.118. The number of phenols is 1. The first-order valence-electron chi connectivity index (χ1n) is 11.8. The summed E-state index contributed by atoms with van der Waals surface area (Å²) in [5, 5.41) is 19.1. The van der Waals surface area contributed by atoms with Gasteiger partial charge in [0, 0.05) is 44.8 Å². The van der Waals surface area contributed by atoms with E-state index < -0.39 is 6.09 Å². The zero-order valence-corrected chi connectivity index (χ0v) is 19.5. The number of anilines is 1. The van der Waals surface area contributed by atoms with Gasteiger partial charge in [-0.15, -0.1) is 0 Å². The van der Waals surface area contributed by atoms with E-state index in [0.29, 0.717) is 39.1 Å². The Morgan fingerprint density at radius 1 is 1.15 bits per heavy atom. The first-order chi connectivity index (χ1) is 16.5. The number of carbonyl (C=O) groups is 2. The van der Waals surface area contributed by atoms with E-state index >= 15 is 0 Å². The number of aromatic hydroxyl groups is 1. The number of rotatable bonds is 8. The number of methoxy groups -OCH3 is 1. The zero-order valence-electron chi connectivity index (χ0n) is 19.5. The number of fused-ring (bicyclic) bond motifs is 1. The Kier molecular flexibility index (Phi) is 7.70. The van der Waals surface area contributed by atoms with E-state index in [9.17, 15) is 19.8 Å². The average molecular weight is 469 g/mol. The van der Waals surface area contributed by atoms with Crippen molar-refractivity contribution >= 4 is 17.7 Å². The van der Waals surface area contributed by atoms with E-state index in [1.165, 1.54) is 4.90 Å². The van der Waals surface area contributed by atoms with Crippen molar-refractivity contribution in [1.29, 1.82) is 0 Å². The van der Waals surface area contributed by atoms with Gasteiger partial charge in [0.1, 0.15) is 5.75 Å². The van der Waals surface area contributed by atoms with E-state index in [1.807, 2.05) is 29.2 Å². The molecule has 1 fully saturated rings. The summed E-state index contributed by atoms with van der Waals surface area (Å²) in [6, 6.07) is 13.1. The predicted octanol–water partition coefficient (Wildman–Crippen LogP) is 3.76. The molecule has 0 saturated carbocycles. The number of piperidine rings is 1. The molecule has 182 valence electrons. The van der Waals surface area contributed by atoms with Crippen LogP contribution < -0.4 is 4.90 Å². The Hall–Kier alpha value is -3.10. The molecule has 0 aromatic heterocycles. The molecule has 34 heavy (non-hydrogen) atoms. The Morgan fingerprint density at radius 3 is 2.68 bits per heavy atom. The number of hydrogen-bond donors (Lipinski definition) is 2. The summed E-state index contributed by atoms with van der Waals surface area (Å²) in [5.41, 5.74) is 4.05. The van der Waals surface area contributed by atoms with Gasteiger partial charge in [0.25, 0.3) is 0 Å². The third-order valence-electron chi connectivity index (χ3n) is 6.69. The lowest BCUT2D eigenvalue weighted by Crippen LogP contribution is -2.46. The first-order valence-corrected chi connectivity index (χ1v) is 11.8. The number of aryl methyl sites for hydroxylation is 1. The maximum Gasteiger partial charge on any atom is 0.407 e. The summed E-state index contributed by atoms with van der Waals surface area (Å²) >= 11 is 0. The second kappa shape index (κ2) is 10.9. The van der Waals surface area contributed by atoms with Crippen LogP contribution in [-0.4, -0.2) is 66.6 Å². The smallest absolute Gasteiger partial charge is 0.407 e. The highest BCUT2D eigenvalue weighted by Gasteiger charge is 2.33. The molecule has 2 aromatic carbocycles. The lowest BCUT2D eigenvalue weighted by Gasteiger charge is -2.37. The van der Waals surface area contributed by atoms with Crippen LogP contribution in [0.1, 0.15) is 41.9 Å². The molecule has 2 aliphatic heterocycles. The molecule has 2 aromatic rings. The Morgan fingerprint density at radius 2 is 1.94 bits per heavy atom. The second-order valence-electron chi connectivity index (χ2n) is 8.92. The number of phenolic OH excluding ortho intramolecular Hbond substituents is 1. The van der Waals surface area contributed by atoms with Crippen LogP contribution in [0.25, 0.3) is 0 Å². The molecule has 2 heterocycles. The normalized spacial score (nSPS) is 20.3. The molecule has 8 heteroatoms. The molecular weight excluding hydrogens is 436 g/mol. The molecule has 2 atom stereocenters. The number of likely N-dealkylation sites (tertiary alicyclic amines) is 1. The molecule has 4 rings (SSSR count). The fourth-order valence-electron chi connectivity index (χ4n) is 4.85. The number of benzene rings is 2. The summed E-state index contributed by atoms with van der Waals surface area (Å²) in [6.45, 7) is 2.26. The van der Waals surface area contributed by atoms with Gasteiger partial charge in [0.2, 0.25) is 5.91 Å². The largest absolute Gasteiger partial charge is 0.508 e. The van der Waals surface area contributed by atoms with Crippen LogP contribution in [-0.2, 0) is 27.3 Å². The highest BCUT2D eigenvalue weighted by molar-refractivity contribution is 5.96. The Bertz CT molecular complexity index is 1010. The van der Waals surface area contributed by atoms with Gasteiger partial charge in [-0.1, -0.05) is 24.3 Å². The standard InChI is InChI=1S/C26H32N2O6/c1-33-14-2-12-28-23-15-18(3-4-20(23)7-10-25(28)30)17-34-24-16-27(26(31)32)13-11-22(24)19-5-8-21(29)9-6-19/h3-6,8-9,15,22,24,29H,2,7,10-14,16-17H2,1H3,(H,31,32). The minimum absolute atomic E-state index is 0.0287. The van der Waals surface area contributed by atoms with Gasteiger partial charge in [-0.25, -0.2) is 4.79 Å². The van der Waals surface area contributed by atoms with E-state index in [4.69, 9.17) is 9.47 Å². The van der Waals surface area contributed by atoms with E-state index in [1.54, 1.807) is 19.2 Å². The van der Waals surface area contributed by atoms with Crippen LogP contribution in [0.2, 0.25) is 0 Å². The van der Waals surface area contributed by atoms with Crippen molar-refractivity contribution in [1.82, 2.24) is 4.90 Å². The van der Waals surface area contributed by atoms with Crippen molar-refractivity contribution in [2.24, 2.45) is 0 Å². The molecule has 0 radical (unpaired) electrons. The quantitative estimate of drug-likeness (QED) is 0.573. The van der Waals surface area contributed by atoms with Crippen LogP contribution >= 0.6 is 0 Å². The molecule has 1 saturated heterocycles. The van der Waals surface area contributed by atoms with Gasteiger partial charge >= 0.3 is 6.09 Å². The van der Waals surface area contributed by atoms with Crippen molar-refractivity contribution in [3.05, 3.63) is 59.2 Å². The molecule has 0 bridgehead atoms. The summed E-state index contributed by atoms with van der Waals surface area (Å²) in [7, 11) is 1.66. The molecule has 0 spiro atoms. The lowest BCUT2D eigenvalue weighted by atomic mass is 9.87. The molecule has 0 aliphatic carbocycles. The van der Waals surface area contributed by atoms with Crippen LogP contribution in [0.15, 0.2) is 42.5 Å². The van der Waals surface area contributed by atoms with Gasteiger partial charge in [-0.3, -0.25) is 4.79 Å². The van der Waals surface area contributed by atoms with E-state index in [-0.39, 0.29) is 30.2 Å². The Labute approximate surface area is 199 Å². The monoisotopic (exact) mass is 468 g/mol.